The molecule has 22 heavy (non-hydrogen) atoms. The van der Waals surface area contributed by atoms with Crippen LogP contribution in [-0.2, 0) is 16.0 Å². The van der Waals surface area contributed by atoms with E-state index in [1.807, 2.05) is 20.0 Å². The second kappa shape index (κ2) is 8.13. The van der Waals surface area contributed by atoms with Crippen molar-refractivity contribution in [2.45, 2.75) is 45.6 Å². The summed E-state index contributed by atoms with van der Waals surface area (Å²) in [6.07, 6.45) is 5.59. The highest BCUT2D eigenvalue weighted by molar-refractivity contribution is 7.15. The molecule has 0 bridgehead atoms. The van der Waals surface area contributed by atoms with Gasteiger partial charge in [-0.05, 0) is 33.1 Å². The van der Waals surface area contributed by atoms with E-state index in [1.165, 1.54) is 12.1 Å². The lowest BCUT2D eigenvalue weighted by atomic mass is 9.88. The molecular formula is C15H26ClN3O2S. The second-order valence-electron chi connectivity index (χ2n) is 6.29. The third-order valence-corrected chi connectivity index (χ3v) is 5.21. The Hall–Kier alpha value is -0.850. The molecule has 0 amide bonds. The van der Waals surface area contributed by atoms with Crippen LogP contribution in [0.25, 0.3) is 0 Å². The third kappa shape index (κ3) is 4.83. The summed E-state index contributed by atoms with van der Waals surface area (Å²) in [6.45, 7) is 5.85. The van der Waals surface area contributed by atoms with Gasteiger partial charge in [-0.25, -0.2) is 4.98 Å². The van der Waals surface area contributed by atoms with Crippen molar-refractivity contribution in [3.8, 4) is 0 Å². The molecule has 2 heterocycles. The van der Waals surface area contributed by atoms with E-state index < -0.39 is 5.41 Å². The molecule has 1 aliphatic heterocycles. The molecule has 0 aliphatic carbocycles. The quantitative estimate of drug-likeness (QED) is 0.829. The van der Waals surface area contributed by atoms with Gasteiger partial charge in [0.15, 0.2) is 0 Å². The van der Waals surface area contributed by atoms with Gasteiger partial charge in [0, 0.05) is 25.6 Å². The maximum absolute atomic E-state index is 11.7. The van der Waals surface area contributed by atoms with Crippen molar-refractivity contribution in [2.24, 2.45) is 11.1 Å². The Labute approximate surface area is 142 Å². The lowest BCUT2D eigenvalue weighted by Gasteiger charge is -2.30. The molecule has 0 aromatic carbocycles. The Morgan fingerprint density at radius 3 is 2.73 bits per heavy atom. The fraction of sp³-hybridized carbons (Fsp3) is 0.733. The summed E-state index contributed by atoms with van der Waals surface area (Å²) in [6, 6.07) is 0.342. The average molecular weight is 348 g/mol. The van der Waals surface area contributed by atoms with Gasteiger partial charge in [-0.1, -0.05) is 0 Å². The Balaban J connectivity index is 0.00000242. The molecule has 5 nitrogen and oxygen atoms in total. The topological polar surface area (TPSA) is 68.5 Å². The van der Waals surface area contributed by atoms with Crippen molar-refractivity contribution in [1.29, 1.82) is 0 Å². The van der Waals surface area contributed by atoms with Gasteiger partial charge >= 0.3 is 5.97 Å². The van der Waals surface area contributed by atoms with E-state index in [0.717, 1.165) is 43.8 Å². The van der Waals surface area contributed by atoms with Crippen LogP contribution in [0.2, 0.25) is 0 Å². The normalized spacial score (nSPS) is 16.3. The molecule has 0 radical (unpaired) electrons. The Morgan fingerprint density at radius 2 is 2.14 bits per heavy atom. The number of anilines is 1. The van der Waals surface area contributed by atoms with Crippen molar-refractivity contribution < 1.29 is 9.53 Å². The summed E-state index contributed by atoms with van der Waals surface area (Å²) in [7, 11) is 1.44. The second-order valence-corrected chi connectivity index (χ2v) is 7.39. The summed E-state index contributed by atoms with van der Waals surface area (Å²) in [5.41, 5.74) is 5.47. The summed E-state index contributed by atoms with van der Waals surface area (Å²) in [5, 5.41) is 2.30. The van der Waals surface area contributed by atoms with Crippen molar-refractivity contribution in [3.63, 3.8) is 0 Å². The predicted octanol–water partition coefficient (Wildman–Crippen LogP) is 2.62. The zero-order valence-corrected chi connectivity index (χ0v) is 15.1. The van der Waals surface area contributed by atoms with Gasteiger partial charge in [0.2, 0.25) is 0 Å². The van der Waals surface area contributed by atoms with Gasteiger partial charge in [-0.15, -0.1) is 23.7 Å². The van der Waals surface area contributed by atoms with Crippen molar-refractivity contribution >= 4 is 34.7 Å². The number of nitrogens with two attached hydrogens (primary N) is 1. The Kier molecular flexibility index (Phi) is 7.09. The van der Waals surface area contributed by atoms with Crippen molar-refractivity contribution in [2.75, 3.05) is 25.1 Å². The van der Waals surface area contributed by atoms with Gasteiger partial charge in [0.05, 0.1) is 23.7 Å². The number of carbonyl (C=O) groups is 1. The molecule has 1 aliphatic rings. The van der Waals surface area contributed by atoms with Gasteiger partial charge in [0.1, 0.15) is 5.00 Å². The molecule has 1 aromatic heterocycles. The molecule has 126 valence electrons. The predicted molar refractivity (Wildman–Crippen MR) is 92.9 cm³/mol. The number of hydrogen-bond donors (Lipinski definition) is 1. The first-order valence-corrected chi connectivity index (χ1v) is 8.27. The molecule has 1 saturated heterocycles. The van der Waals surface area contributed by atoms with Crippen LogP contribution in [0.1, 0.15) is 38.1 Å². The van der Waals surface area contributed by atoms with E-state index in [0.29, 0.717) is 6.04 Å². The average Bonchev–Trinajstić information content (AvgIpc) is 2.94. The first kappa shape index (κ1) is 19.2. The zero-order valence-electron chi connectivity index (χ0n) is 13.5. The maximum atomic E-state index is 11.7. The molecule has 0 unspecified atom stereocenters. The van der Waals surface area contributed by atoms with Crippen molar-refractivity contribution in [1.82, 2.24) is 4.98 Å². The van der Waals surface area contributed by atoms with Crippen LogP contribution in [0.3, 0.4) is 0 Å². The maximum Gasteiger partial charge on any atom is 0.311 e. The van der Waals surface area contributed by atoms with Crippen LogP contribution in [-0.4, -0.2) is 37.2 Å². The molecule has 2 rings (SSSR count). The van der Waals surface area contributed by atoms with E-state index in [2.05, 4.69) is 9.88 Å². The minimum absolute atomic E-state index is 0. The number of aryl methyl sites for hydroxylation is 1. The van der Waals surface area contributed by atoms with Crippen LogP contribution < -0.4 is 10.6 Å². The summed E-state index contributed by atoms with van der Waals surface area (Å²) >= 11 is 1.72. The van der Waals surface area contributed by atoms with Gasteiger partial charge < -0.3 is 15.4 Å². The highest BCUT2D eigenvalue weighted by Crippen LogP contribution is 2.30. The van der Waals surface area contributed by atoms with Crippen LogP contribution in [0.4, 0.5) is 5.00 Å². The van der Waals surface area contributed by atoms with Crippen LogP contribution >= 0.6 is 23.7 Å². The fourth-order valence-corrected chi connectivity index (χ4v) is 3.45. The lowest BCUT2D eigenvalue weighted by Crippen LogP contribution is -2.39. The van der Waals surface area contributed by atoms with Crippen LogP contribution in [0, 0.1) is 5.41 Å². The SMILES string of the molecule is COC(=O)C(C)(C)CCc1ncc(N2CCC(N)CC2)s1.Cl. The molecule has 0 spiro atoms. The van der Waals surface area contributed by atoms with Gasteiger partial charge in [-0.3, -0.25) is 4.79 Å². The molecule has 0 atom stereocenters. The minimum Gasteiger partial charge on any atom is -0.469 e. The molecule has 1 aromatic rings. The lowest BCUT2D eigenvalue weighted by molar-refractivity contribution is -0.151. The Bertz CT molecular complexity index is 485. The van der Waals surface area contributed by atoms with Crippen molar-refractivity contribution in [3.05, 3.63) is 11.2 Å². The van der Waals surface area contributed by atoms with Crippen LogP contribution in [0.15, 0.2) is 6.20 Å². The van der Waals surface area contributed by atoms with E-state index in [1.54, 1.807) is 11.3 Å². The van der Waals surface area contributed by atoms with E-state index in [9.17, 15) is 4.79 Å². The first-order valence-electron chi connectivity index (χ1n) is 7.46. The third-order valence-electron chi connectivity index (χ3n) is 4.09. The number of rotatable bonds is 5. The van der Waals surface area contributed by atoms with E-state index in [-0.39, 0.29) is 18.4 Å². The zero-order chi connectivity index (χ0) is 15.5. The summed E-state index contributed by atoms with van der Waals surface area (Å²) in [5.74, 6) is -0.163. The number of methoxy groups -OCH3 is 1. The number of halogens is 1. The van der Waals surface area contributed by atoms with Gasteiger partial charge in [-0.2, -0.15) is 0 Å². The highest BCUT2D eigenvalue weighted by atomic mass is 35.5. The number of thiazole rings is 1. The number of hydrogen-bond acceptors (Lipinski definition) is 6. The fourth-order valence-electron chi connectivity index (χ4n) is 2.48. The monoisotopic (exact) mass is 347 g/mol. The number of esters is 1. The van der Waals surface area contributed by atoms with E-state index in [4.69, 9.17) is 10.5 Å². The summed E-state index contributed by atoms with van der Waals surface area (Å²) < 4.78 is 4.84. The van der Waals surface area contributed by atoms with Gasteiger partial charge in [0.25, 0.3) is 0 Å². The number of ether oxygens (including phenoxy) is 1. The molecular weight excluding hydrogens is 322 g/mol. The number of nitrogens with zero attached hydrogens (tertiary/aromatic N) is 2. The molecule has 1 fully saturated rings. The van der Waals surface area contributed by atoms with E-state index >= 15 is 0 Å². The smallest absolute Gasteiger partial charge is 0.311 e. The highest BCUT2D eigenvalue weighted by Gasteiger charge is 2.28. The first-order chi connectivity index (χ1) is 9.92. The summed E-state index contributed by atoms with van der Waals surface area (Å²) in [4.78, 5) is 18.5. The molecule has 2 N–H and O–H groups in total. The largest absolute Gasteiger partial charge is 0.469 e. The molecule has 0 saturated carbocycles. The number of piperidine rings is 1. The van der Waals surface area contributed by atoms with Crippen LogP contribution in [0.5, 0.6) is 0 Å². The number of carbonyl (C=O) groups excluding carboxylic acids is 1. The standard InChI is InChI=1S/C15H25N3O2S.ClH/c1-15(2,14(19)20-3)7-4-12-17-10-13(21-12)18-8-5-11(16)6-9-18;/h10-11H,4-9,16H2,1-3H3;1H. The minimum atomic E-state index is -0.460. The molecule has 7 heteroatoms. The Morgan fingerprint density at radius 1 is 1.50 bits per heavy atom. The number of aromatic nitrogens is 1.